The van der Waals surface area contributed by atoms with Crippen LogP contribution in [0.5, 0.6) is 5.75 Å². The zero-order valence-electron chi connectivity index (χ0n) is 16.6. The van der Waals surface area contributed by atoms with Gasteiger partial charge in [-0.15, -0.1) is 0 Å². The second-order valence-electron chi connectivity index (χ2n) is 7.39. The molecule has 156 valence electrons. The highest BCUT2D eigenvalue weighted by Gasteiger charge is 2.34. The molecule has 2 aromatic carbocycles. The number of carbonyl (C=O) groups excluding carboxylic acids is 1. The number of aryl methyl sites for hydroxylation is 1. The minimum Gasteiger partial charge on any atom is -0.488 e. The number of hydrogen-bond donors (Lipinski definition) is 0. The summed E-state index contributed by atoms with van der Waals surface area (Å²) >= 11 is 10.3. The van der Waals surface area contributed by atoms with E-state index in [-0.39, 0.29) is 12.0 Å². The van der Waals surface area contributed by atoms with Crippen molar-refractivity contribution >= 4 is 56.2 Å². The van der Waals surface area contributed by atoms with Gasteiger partial charge in [-0.05, 0) is 65.0 Å². The van der Waals surface area contributed by atoms with Gasteiger partial charge in [-0.2, -0.15) is 0 Å². The number of thioether (sulfide) groups is 1. The third kappa shape index (κ3) is 5.14. The fourth-order valence-electron chi connectivity index (χ4n) is 3.37. The number of rotatable bonds is 6. The Hall–Kier alpha value is -1.67. The van der Waals surface area contributed by atoms with Crippen molar-refractivity contribution in [3.63, 3.8) is 0 Å². The summed E-state index contributed by atoms with van der Waals surface area (Å²) in [5.41, 5.74) is 3.26. The molecule has 0 aromatic heterocycles. The van der Waals surface area contributed by atoms with E-state index in [4.69, 9.17) is 21.7 Å². The van der Waals surface area contributed by atoms with Crippen LogP contribution in [0.3, 0.4) is 0 Å². The molecule has 1 amide bonds. The quantitative estimate of drug-likeness (QED) is 0.372. The molecule has 2 fully saturated rings. The van der Waals surface area contributed by atoms with Crippen molar-refractivity contribution in [1.29, 1.82) is 0 Å². The number of halogens is 1. The molecule has 30 heavy (non-hydrogen) atoms. The lowest BCUT2D eigenvalue weighted by Gasteiger charge is -2.18. The first-order valence-electron chi connectivity index (χ1n) is 9.84. The molecule has 2 aromatic rings. The summed E-state index contributed by atoms with van der Waals surface area (Å²) < 4.78 is 13.0. The number of nitrogens with zero attached hydrogens (tertiary/aromatic N) is 1. The number of amides is 1. The van der Waals surface area contributed by atoms with Gasteiger partial charge >= 0.3 is 0 Å². The fraction of sp³-hybridized carbons (Fsp3) is 0.304. The number of carbonyl (C=O) groups is 1. The van der Waals surface area contributed by atoms with Crippen molar-refractivity contribution in [3.8, 4) is 5.75 Å². The maximum Gasteiger partial charge on any atom is 0.266 e. The number of ether oxygens (including phenoxy) is 2. The van der Waals surface area contributed by atoms with Crippen LogP contribution in [0.25, 0.3) is 6.08 Å². The largest absolute Gasteiger partial charge is 0.488 e. The predicted molar refractivity (Wildman–Crippen MR) is 129 cm³/mol. The maximum absolute atomic E-state index is 12.8. The molecule has 0 aliphatic carbocycles. The van der Waals surface area contributed by atoms with Gasteiger partial charge in [-0.25, -0.2) is 0 Å². The number of thiocarbonyl (C=S) groups is 1. The molecule has 0 unspecified atom stereocenters. The Bertz CT molecular complexity index is 984. The van der Waals surface area contributed by atoms with Crippen LogP contribution >= 0.6 is 39.9 Å². The molecule has 0 bridgehead atoms. The summed E-state index contributed by atoms with van der Waals surface area (Å²) in [5.74, 6) is 0.718. The van der Waals surface area contributed by atoms with Crippen LogP contribution in [0.4, 0.5) is 0 Å². The minimum atomic E-state index is -0.0451. The van der Waals surface area contributed by atoms with E-state index in [1.165, 1.54) is 17.3 Å². The first-order chi connectivity index (χ1) is 14.5. The monoisotopic (exact) mass is 503 g/mol. The number of benzene rings is 2. The van der Waals surface area contributed by atoms with E-state index in [1.54, 1.807) is 4.90 Å². The third-order valence-electron chi connectivity index (χ3n) is 5.05. The lowest BCUT2D eigenvalue weighted by molar-refractivity contribution is -0.123. The lowest BCUT2D eigenvalue weighted by Crippen LogP contribution is -2.35. The molecule has 2 aliphatic heterocycles. The summed E-state index contributed by atoms with van der Waals surface area (Å²) in [5, 5.41) is 0. The van der Waals surface area contributed by atoms with Crippen LogP contribution in [-0.4, -0.2) is 34.4 Å². The fourth-order valence-corrected chi connectivity index (χ4v) is 5.16. The molecule has 0 radical (unpaired) electrons. The Labute approximate surface area is 194 Å². The molecule has 1 atom stereocenters. The summed E-state index contributed by atoms with van der Waals surface area (Å²) in [4.78, 5) is 15.1. The second kappa shape index (κ2) is 9.64. The zero-order valence-corrected chi connectivity index (χ0v) is 19.8. The lowest BCUT2D eigenvalue weighted by atomic mass is 10.1. The van der Waals surface area contributed by atoms with Crippen molar-refractivity contribution in [3.05, 3.63) is 68.5 Å². The Morgan fingerprint density at radius 3 is 2.80 bits per heavy atom. The first kappa shape index (κ1) is 21.6. The van der Waals surface area contributed by atoms with E-state index in [1.807, 2.05) is 24.3 Å². The molecule has 0 saturated carbocycles. The van der Waals surface area contributed by atoms with Gasteiger partial charge in [0.1, 0.15) is 16.7 Å². The van der Waals surface area contributed by atoms with Gasteiger partial charge in [-0.1, -0.05) is 59.9 Å². The molecule has 2 heterocycles. The zero-order chi connectivity index (χ0) is 21.1. The summed E-state index contributed by atoms with van der Waals surface area (Å²) in [6.45, 7) is 3.87. The van der Waals surface area contributed by atoms with Crippen molar-refractivity contribution in [2.45, 2.75) is 32.5 Å². The molecule has 0 spiro atoms. The smallest absolute Gasteiger partial charge is 0.266 e. The minimum absolute atomic E-state index is 0.0451. The maximum atomic E-state index is 12.8. The van der Waals surface area contributed by atoms with E-state index >= 15 is 0 Å². The van der Waals surface area contributed by atoms with Crippen molar-refractivity contribution in [2.75, 3.05) is 13.2 Å². The SMILES string of the molecule is Cc1ccc(COc2ccc(/C=C3\SC(=S)N(C[C@H]4CCCO4)C3=O)cc2Br)cc1. The second-order valence-corrected chi connectivity index (χ2v) is 9.92. The van der Waals surface area contributed by atoms with Crippen molar-refractivity contribution < 1.29 is 14.3 Å². The van der Waals surface area contributed by atoms with Crippen LogP contribution < -0.4 is 4.74 Å². The average molecular weight is 504 g/mol. The van der Waals surface area contributed by atoms with Crippen molar-refractivity contribution in [1.82, 2.24) is 4.90 Å². The summed E-state index contributed by atoms with van der Waals surface area (Å²) in [6.07, 6.45) is 3.99. The first-order valence-corrected chi connectivity index (χ1v) is 11.9. The average Bonchev–Trinajstić information content (AvgIpc) is 3.33. The van der Waals surface area contributed by atoms with Gasteiger partial charge in [0.2, 0.25) is 0 Å². The molecule has 0 N–H and O–H groups in total. The van der Waals surface area contributed by atoms with Crippen LogP contribution in [-0.2, 0) is 16.1 Å². The van der Waals surface area contributed by atoms with Gasteiger partial charge in [-0.3, -0.25) is 9.69 Å². The van der Waals surface area contributed by atoms with Crippen molar-refractivity contribution in [2.24, 2.45) is 0 Å². The van der Waals surface area contributed by atoms with Crippen LogP contribution in [0.15, 0.2) is 51.8 Å². The normalized spacial score (nSPS) is 20.4. The topological polar surface area (TPSA) is 38.8 Å². The van der Waals surface area contributed by atoms with E-state index in [9.17, 15) is 4.79 Å². The Morgan fingerprint density at radius 1 is 1.30 bits per heavy atom. The predicted octanol–water partition coefficient (Wildman–Crippen LogP) is 5.72. The van der Waals surface area contributed by atoms with Crippen LogP contribution in [0.2, 0.25) is 0 Å². The molecular formula is C23H22BrNO3S2. The highest BCUT2D eigenvalue weighted by atomic mass is 79.9. The van der Waals surface area contributed by atoms with Crippen LogP contribution in [0, 0.1) is 6.92 Å². The van der Waals surface area contributed by atoms with Gasteiger partial charge in [0.05, 0.1) is 22.0 Å². The standard InChI is InChI=1S/C23H22BrNO3S2/c1-15-4-6-16(7-5-15)14-28-20-9-8-17(11-19(20)24)12-21-22(26)25(23(29)30-21)13-18-3-2-10-27-18/h4-9,11-12,18H,2-3,10,13-14H2,1H3/b21-12-/t18-/m1/s1. The highest BCUT2D eigenvalue weighted by Crippen LogP contribution is 2.35. The van der Waals surface area contributed by atoms with Gasteiger partial charge in [0.25, 0.3) is 5.91 Å². The molecule has 4 nitrogen and oxygen atoms in total. The molecule has 2 saturated heterocycles. The van der Waals surface area contributed by atoms with Gasteiger partial charge in [0.15, 0.2) is 0 Å². The van der Waals surface area contributed by atoms with E-state index < -0.39 is 0 Å². The molecular weight excluding hydrogens is 482 g/mol. The van der Waals surface area contributed by atoms with E-state index in [2.05, 4.69) is 47.1 Å². The summed E-state index contributed by atoms with van der Waals surface area (Å²) in [6, 6.07) is 14.1. The Kier molecular flexibility index (Phi) is 6.93. The van der Waals surface area contributed by atoms with Gasteiger partial charge in [0, 0.05) is 6.61 Å². The Balaban J connectivity index is 1.42. The van der Waals surface area contributed by atoms with E-state index in [0.717, 1.165) is 40.8 Å². The molecule has 7 heteroatoms. The third-order valence-corrected chi connectivity index (χ3v) is 7.05. The molecule has 4 rings (SSSR count). The Morgan fingerprint density at radius 2 is 2.10 bits per heavy atom. The molecule has 2 aliphatic rings. The van der Waals surface area contributed by atoms with E-state index in [0.29, 0.717) is 22.4 Å². The highest BCUT2D eigenvalue weighted by molar-refractivity contribution is 9.10. The van der Waals surface area contributed by atoms with Gasteiger partial charge < -0.3 is 9.47 Å². The summed E-state index contributed by atoms with van der Waals surface area (Å²) in [7, 11) is 0. The van der Waals surface area contributed by atoms with Crippen LogP contribution in [0.1, 0.15) is 29.5 Å². The number of hydrogen-bond acceptors (Lipinski definition) is 5.